The van der Waals surface area contributed by atoms with Crippen LogP contribution in [0.25, 0.3) is 0 Å². The molecule has 1 saturated heterocycles. The first-order valence-corrected chi connectivity index (χ1v) is 7.01. The smallest absolute Gasteiger partial charge is 0.328 e. The predicted molar refractivity (Wildman–Crippen MR) is 79.9 cm³/mol. The van der Waals surface area contributed by atoms with Crippen LogP contribution in [0.3, 0.4) is 0 Å². The number of anilines is 2. The van der Waals surface area contributed by atoms with Crippen molar-refractivity contribution < 1.29 is 9.59 Å². The first-order valence-electron chi connectivity index (χ1n) is 7.01. The Morgan fingerprint density at radius 2 is 2.05 bits per heavy atom. The Balaban J connectivity index is 2.08. The summed E-state index contributed by atoms with van der Waals surface area (Å²) in [6.45, 7) is 2.51. The fraction of sp³-hybridized carbons (Fsp3) is 0.467. The summed E-state index contributed by atoms with van der Waals surface area (Å²) in [4.78, 5) is 25.4. The lowest BCUT2D eigenvalue weighted by Crippen LogP contribution is -2.39. The number of nitrogens with zero attached hydrogens (tertiary/aromatic N) is 1. The van der Waals surface area contributed by atoms with Gasteiger partial charge in [0.1, 0.15) is 0 Å². The minimum Gasteiger partial charge on any atom is -0.388 e. The van der Waals surface area contributed by atoms with Gasteiger partial charge in [0.05, 0.1) is 0 Å². The van der Waals surface area contributed by atoms with Crippen molar-refractivity contribution in [2.24, 2.45) is 0 Å². The molecule has 2 N–H and O–H groups in total. The lowest BCUT2D eigenvalue weighted by molar-refractivity contribution is -0.127. The maximum absolute atomic E-state index is 12.2. The lowest BCUT2D eigenvalue weighted by atomic mass is 10.2. The highest BCUT2D eigenvalue weighted by Gasteiger charge is 2.23. The zero-order valence-electron chi connectivity index (χ0n) is 12.0. The molecule has 0 saturated carbocycles. The van der Waals surface area contributed by atoms with Crippen LogP contribution >= 0.6 is 0 Å². The lowest BCUT2D eigenvalue weighted by Gasteiger charge is -2.19. The van der Waals surface area contributed by atoms with Crippen LogP contribution in [0.1, 0.15) is 31.2 Å². The summed E-state index contributed by atoms with van der Waals surface area (Å²) in [5, 5.41) is 5.87. The zero-order chi connectivity index (χ0) is 14.5. The summed E-state index contributed by atoms with van der Waals surface area (Å²) in [5.41, 5.74) is 2.77. The Kier molecular flexibility index (Phi) is 4.61. The zero-order valence-corrected chi connectivity index (χ0v) is 12.0. The molecule has 1 aromatic rings. The molecule has 1 aliphatic rings. The average molecular weight is 275 g/mol. The molecule has 0 atom stereocenters. The Morgan fingerprint density at radius 3 is 2.80 bits per heavy atom. The van der Waals surface area contributed by atoms with E-state index in [2.05, 4.69) is 10.6 Å². The van der Waals surface area contributed by atoms with Gasteiger partial charge in [-0.25, -0.2) is 4.79 Å². The van der Waals surface area contributed by atoms with Crippen LogP contribution in [0.4, 0.5) is 16.2 Å². The van der Waals surface area contributed by atoms with E-state index >= 15 is 0 Å². The maximum Gasteiger partial charge on any atom is 0.328 e. The molecule has 5 heteroatoms. The predicted octanol–water partition coefficient (Wildman–Crippen LogP) is 2.97. The van der Waals surface area contributed by atoms with Gasteiger partial charge in [-0.15, -0.1) is 0 Å². The molecular weight excluding hydrogens is 254 g/mol. The third-order valence-corrected chi connectivity index (χ3v) is 3.58. The van der Waals surface area contributed by atoms with Gasteiger partial charge in [-0.05, 0) is 37.5 Å². The van der Waals surface area contributed by atoms with Crippen LogP contribution in [-0.4, -0.2) is 30.4 Å². The molecule has 1 aromatic carbocycles. The van der Waals surface area contributed by atoms with Crippen molar-refractivity contribution >= 4 is 23.3 Å². The quantitative estimate of drug-likeness (QED) is 0.872. The van der Waals surface area contributed by atoms with Gasteiger partial charge in [0.15, 0.2) is 0 Å². The number of imide groups is 1. The van der Waals surface area contributed by atoms with E-state index in [0.717, 1.165) is 30.5 Å². The maximum atomic E-state index is 12.2. The Bertz CT molecular complexity index is 514. The number of hydrogen-bond acceptors (Lipinski definition) is 3. The summed E-state index contributed by atoms with van der Waals surface area (Å²) in [6.07, 6.45) is 3.22. The second-order valence-corrected chi connectivity index (χ2v) is 5.07. The first kappa shape index (κ1) is 14.4. The number of hydrogen-bond donors (Lipinski definition) is 2. The topological polar surface area (TPSA) is 61.4 Å². The van der Waals surface area contributed by atoms with Crippen LogP contribution in [0.15, 0.2) is 18.2 Å². The molecule has 0 bridgehead atoms. The molecule has 0 spiro atoms. The number of nitrogens with one attached hydrogen (secondary N) is 2. The normalized spacial score (nSPS) is 15.7. The molecule has 0 radical (unpaired) electrons. The molecule has 0 unspecified atom stereocenters. The van der Waals surface area contributed by atoms with E-state index < -0.39 is 0 Å². The highest BCUT2D eigenvalue weighted by atomic mass is 16.2. The van der Waals surface area contributed by atoms with Crippen LogP contribution in [-0.2, 0) is 4.79 Å². The number of benzene rings is 1. The largest absolute Gasteiger partial charge is 0.388 e. The second-order valence-electron chi connectivity index (χ2n) is 5.07. The van der Waals surface area contributed by atoms with Crippen molar-refractivity contribution in [1.29, 1.82) is 0 Å². The van der Waals surface area contributed by atoms with E-state index in [9.17, 15) is 9.59 Å². The summed E-state index contributed by atoms with van der Waals surface area (Å²) in [5.74, 6) is -0.0825. The van der Waals surface area contributed by atoms with E-state index in [1.807, 2.05) is 32.2 Å². The molecule has 2 rings (SSSR count). The minimum absolute atomic E-state index is 0.0825. The number of carbonyl (C=O) groups is 2. The molecule has 20 heavy (non-hydrogen) atoms. The molecule has 5 nitrogen and oxygen atoms in total. The Hall–Kier alpha value is -2.04. The van der Waals surface area contributed by atoms with Crippen molar-refractivity contribution in [3.8, 4) is 0 Å². The van der Waals surface area contributed by atoms with Gasteiger partial charge < -0.3 is 10.6 Å². The fourth-order valence-electron chi connectivity index (χ4n) is 2.36. The summed E-state index contributed by atoms with van der Waals surface area (Å²) in [7, 11) is 1.84. The summed E-state index contributed by atoms with van der Waals surface area (Å²) in [6, 6.07) is 5.32. The molecule has 1 heterocycles. The molecule has 3 amide bonds. The van der Waals surface area contributed by atoms with E-state index in [4.69, 9.17) is 0 Å². The fourth-order valence-corrected chi connectivity index (χ4v) is 2.36. The van der Waals surface area contributed by atoms with E-state index in [0.29, 0.717) is 18.7 Å². The Labute approximate surface area is 119 Å². The van der Waals surface area contributed by atoms with Crippen LogP contribution in [0, 0.1) is 6.92 Å². The monoisotopic (exact) mass is 275 g/mol. The molecule has 1 aliphatic heterocycles. The van der Waals surface area contributed by atoms with Crippen LogP contribution in [0.2, 0.25) is 0 Å². The summed E-state index contributed by atoms with van der Waals surface area (Å²) >= 11 is 0. The van der Waals surface area contributed by atoms with E-state index in [1.165, 1.54) is 4.90 Å². The minimum atomic E-state index is -0.331. The third-order valence-electron chi connectivity index (χ3n) is 3.58. The molecule has 0 aliphatic carbocycles. The van der Waals surface area contributed by atoms with Crippen LogP contribution < -0.4 is 10.6 Å². The third kappa shape index (κ3) is 3.29. The number of rotatable bonds is 2. The van der Waals surface area contributed by atoms with Crippen LogP contribution in [0.5, 0.6) is 0 Å². The van der Waals surface area contributed by atoms with E-state index in [1.54, 1.807) is 0 Å². The first-order chi connectivity index (χ1) is 9.61. The standard InChI is InChI=1S/C15H21N3O2/c1-11-7-8-12(10-13(11)16-2)17-15(20)18-9-5-3-4-6-14(18)19/h7-8,10,16H,3-6,9H2,1-2H3,(H,17,20). The van der Waals surface area contributed by atoms with Gasteiger partial charge >= 0.3 is 6.03 Å². The van der Waals surface area contributed by atoms with Gasteiger partial charge in [0.25, 0.3) is 0 Å². The number of likely N-dealkylation sites (tertiary alicyclic amines) is 1. The van der Waals surface area contributed by atoms with Gasteiger partial charge in [-0.3, -0.25) is 9.69 Å². The molecule has 108 valence electrons. The number of aryl methyl sites for hydroxylation is 1. The molecular formula is C15H21N3O2. The second kappa shape index (κ2) is 6.41. The summed E-state index contributed by atoms with van der Waals surface area (Å²) < 4.78 is 0. The number of amides is 3. The van der Waals surface area contributed by atoms with E-state index in [-0.39, 0.29) is 11.9 Å². The van der Waals surface area contributed by atoms with Crippen molar-refractivity contribution in [1.82, 2.24) is 4.90 Å². The van der Waals surface area contributed by atoms with Crippen molar-refractivity contribution in [3.63, 3.8) is 0 Å². The number of urea groups is 1. The Morgan fingerprint density at radius 1 is 1.25 bits per heavy atom. The molecule has 1 fully saturated rings. The SMILES string of the molecule is CNc1cc(NC(=O)N2CCCCCC2=O)ccc1C. The highest BCUT2D eigenvalue weighted by molar-refractivity contribution is 6.01. The van der Waals surface area contributed by atoms with Crippen molar-refractivity contribution in [2.45, 2.75) is 32.6 Å². The van der Waals surface area contributed by atoms with Gasteiger partial charge in [0, 0.05) is 31.4 Å². The van der Waals surface area contributed by atoms with Crippen molar-refractivity contribution in [2.75, 3.05) is 24.2 Å². The molecule has 0 aromatic heterocycles. The average Bonchev–Trinajstić information content (AvgIpc) is 2.65. The number of carbonyl (C=O) groups excluding carboxylic acids is 2. The van der Waals surface area contributed by atoms with Gasteiger partial charge in [-0.2, -0.15) is 0 Å². The van der Waals surface area contributed by atoms with Crippen molar-refractivity contribution in [3.05, 3.63) is 23.8 Å². The van der Waals surface area contributed by atoms with Gasteiger partial charge in [0.2, 0.25) is 5.91 Å². The van der Waals surface area contributed by atoms with Gasteiger partial charge in [-0.1, -0.05) is 12.5 Å². The highest BCUT2D eigenvalue weighted by Crippen LogP contribution is 2.20.